The van der Waals surface area contributed by atoms with Crippen LogP contribution in [-0.4, -0.2) is 35.0 Å². The first-order valence-electron chi connectivity index (χ1n) is 5.59. The largest absolute Gasteiger partial charge is 0.481 e. The number of carbonyl (C=O) groups excluding carboxylic acids is 1. The summed E-state index contributed by atoms with van der Waals surface area (Å²) in [5.41, 5.74) is 1.01. The minimum Gasteiger partial charge on any atom is -0.481 e. The number of hydrogen-bond donors (Lipinski definition) is 1. The Bertz CT molecular complexity index is 415. The van der Waals surface area contributed by atoms with Crippen molar-refractivity contribution in [3.63, 3.8) is 0 Å². The van der Waals surface area contributed by atoms with E-state index in [1.807, 2.05) is 23.8 Å². The molecule has 0 unspecified atom stereocenters. The van der Waals surface area contributed by atoms with Crippen molar-refractivity contribution in [3.05, 3.63) is 22.4 Å². The minimum atomic E-state index is -0.802. The highest BCUT2D eigenvalue weighted by molar-refractivity contribution is 7.07. The Morgan fingerprint density at radius 1 is 1.53 bits per heavy atom. The van der Waals surface area contributed by atoms with Crippen LogP contribution >= 0.6 is 11.3 Å². The molecule has 1 aromatic rings. The molecule has 0 aliphatic carbocycles. The molecule has 0 radical (unpaired) electrons. The lowest BCUT2D eigenvalue weighted by Crippen LogP contribution is -2.31. The maximum atomic E-state index is 12.0. The van der Waals surface area contributed by atoms with Crippen molar-refractivity contribution in [2.45, 2.75) is 13.3 Å². The summed E-state index contributed by atoms with van der Waals surface area (Å²) in [5, 5.41) is 12.9. The van der Waals surface area contributed by atoms with E-state index in [1.165, 1.54) is 0 Å². The van der Waals surface area contributed by atoms with Crippen LogP contribution in [0.25, 0.3) is 0 Å². The molecule has 17 heavy (non-hydrogen) atoms. The van der Waals surface area contributed by atoms with E-state index in [2.05, 4.69) is 0 Å². The third-order valence-corrected chi connectivity index (χ3v) is 3.95. The van der Waals surface area contributed by atoms with Gasteiger partial charge < -0.3 is 10.0 Å². The zero-order valence-electron chi connectivity index (χ0n) is 9.63. The Kier molecular flexibility index (Phi) is 3.47. The molecule has 1 N–H and O–H groups in total. The molecule has 2 atom stereocenters. The zero-order chi connectivity index (χ0) is 12.4. The van der Waals surface area contributed by atoms with Crippen molar-refractivity contribution in [2.75, 3.05) is 13.1 Å². The maximum Gasteiger partial charge on any atom is 0.308 e. The number of thiophene rings is 1. The highest BCUT2D eigenvalue weighted by Crippen LogP contribution is 2.24. The molecule has 2 heterocycles. The second-order valence-electron chi connectivity index (χ2n) is 4.53. The molecule has 1 aliphatic heterocycles. The van der Waals surface area contributed by atoms with Crippen LogP contribution in [0.15, 0.2) is 16.8 Å². The maximum absolute atomic E-state index is 12.0. The van der Waals surface area contributed by atoms with Crippen LogP contribution in [-0.2, 0) is 16.0 Å². The fourth-order valence-corrected chi connectivity index (χ4v) is 2.84. The van der Waals surface area contributed by atoms with Gasteiger partial charge in [-0.1, -0.05) is 6.92 Å². The third-order valence-electron chi connectivity index (χ3n) is 3.22. The van der Waals surface area contributed by atoms with Crippen molar-refractivity contribution in [1.29, 1.82) is 0 Å². The Morgan fingerprint density at radius 2 is 2.29 bits per heavy atom. The van der Waals surface area contributed by atoms with Gasteiger partial charge in [0.05, 0.1) is 12.3 Å². The monoisotopic (exact) mass is 253 g/mol. The fourth-order valence-electron chi connectivity index (χ4n) is 2.17. The van der Waals surface area contributed by atoms with Gasteiger partial charge in [0.2, 0.25) is 5.91 Å². The van der Waals surface area contributed by atoms with Crippen molar-refractivity contribution in [3.8, 4) is 0 Å². The fraction of sp³-hybridized carbons (Fsp3) is 0.500. The number of nitrogens with zero attached hydrogens (tertiary/aromatic N) is 1. The molecule has 0 bridgehead atoms. The van der Waals surface area contributed by atoms with E-state index < -0.39 is 11.9 Å². The minimum absolute atomic E-state index is 0.0269. The molecule has 4 nitrogen and oxygen atoms in total. The number of hydrogen-bond acceptors (Lipinski definition) is 3. The van der Waals surface area contributed by atoms with E-state index in [4.69, 9.17) is 5.11 Å². The first-order chi connectivity index (χ1) is 8.08. The number of rotatable bonds is 3. The molecule has 0 spiro atoms. The number of carboxylic acid groups (broad SMARTS) is 1. The van der Waals surface area contributed by atoms with Gasteiger partial charge >= 0.3 is 5.97 Å². The smallest absolute Gasteiger partial charge is 0.308 e. The van der Waals surface area contributed by atoms with E-state index in [1.54, 1.807) is 16.2 Å². The first kappa shape index (κ1) is 12.1. The van der Waals surface area contributed by atoms with Crippen LogP contribution < -0.4 is 0 Å². The summed E-state index contributed by atoms with van der Waals surface area (Å²) in [4.78, 5) is 24.6. The highest BCUT2D eigenvalue weighted by Gasteiger charge is 2.36. The molecular formula is C12H15NO3S. The molecule has 0 saturated carbocycles. The van der Waals surface area contributed by atoms with Crippen molar-refractivity contribution in [2.24, 2.45) is 11.8 Å². The lowest BCUT2D eigenvalue weighted by molar-refractivity contribution is -0.142. The molecule has 1 fully saturated rings. The Labute approximate surface area is 104 Å². The Balaban J connectivity index is 1.96. The summed E-state index contributed by atoms with van der Waals surface area (Å²) < 4.78 is 0. The van der Waals surface area contributed by atoms with Gasteiger partial charge in [0, 0.05) is 13.1 Å². The number of carbonyl (C=O) groups is 2. The number of aliphatic carboxylic acids is 1. The van der Waals surface area contributed by atoms with Crippen LogP contribution in [0.4, 0.5) is 0 Å². The van der Waals surface area contributed by atoms with E-state index in [9.17, 15) is 9.59 Å². The molecule has 2 rings (SSSR count). The SMILES string of the molecule is C[C@@H]1CN(C(=O)Cc2ccsc2)C[C@H]1C(=O)O. The number of carboxylic acids is 1. The standard InChI is InChI=1S/C12H15NO3S/c1-8-5-13(6-10(8)12(15)16)11(14)4-9-2-3-17-7-9/h2-3,7-8,10H,4-6H2,1H3,(H,15,16)/t8-,10-/m1/s1. The van der Waals surface area contributed by atoms with Crippen LogP contribution in [0.5, 0.6) is 0 Å². The van der Waals surface area contributed by atoms with Crippen LogP contribution in [0, 0.1) is 11.8 Å². The molecule has 1 aromatic heterocycles. The molecule has 1 saturated heterocycles. The Morgan fingerprint density at radius 3 is 2.82 bits per heavy atom. The van der Waals surface area contributed by atoms with Crippen LogP contribution in [0.3, 0.4) is 0 Å². The number of likely N-dealkylation sites (tertiary alicyclic amines) is 1. The van der Waals surface area contributed by atoms with Crippen molar-refractivity contribution < 1.29 is 14.7 Å². The van der Waals surface area contributed by atoms with Crippen molar-refractivity contribution in [1.82, 2.24) is 4.90 Å². The molecule has 0 aromatic carbocycles. The van der Waals surface area contributed by atoms with Gasteiger partial charge in [-0.15, -0.1) is 0 Å². The van der Waals surface area contributed by atoms with Gasteiger partial charge in [0.1, 0.15) is 0 Å². The Hall–Kier alpha value is -1.36. The second-order valence-corrected chi connectivity index (χ2v) is 5.31. The van der Waals surface area contributed by atoms with E-state index in [0.717, 1.165) is 5.56 Å². The molecule has 5 heteroatoms. The summed E-state index contributed by atoms with van der Waals surface area (Å²) in [5.74, 6) is -1.15. The lowest BCUT2D eigenvalue weighted by Gasteiger charge is -2.15. The van der Waals surface area contributed by atoms with Crippen LogP contribution in [0.1, 0.15) is 12.5 Å². The van der Waals surface area contributed by atoms with E-state index >= 15 is 0 Å². The van der Waals surface area contributed by atoms with Gasteiger partial charge in [-0.25, -0.2) is 0 Å². The summed E-state index contributed by atoms with van der Waals surface area (Å²) in [6.45, 7) is 2.79. The number of amides is 1. The van der Waals surface area contributed by atoms with Gasteiger partial charge in [-0.3, -0.25) is 9.59 Å². The normalized spacial score (nSPS) is 23.9. The van der Waals surface area contributed by atoms with E-state index in [-0.39, 0.29) is 11.8 Å². The summed E-state index contributed by atoms with van der Waals surface area (Å²) in [6.07, 6.45) is 0.378. The van der Waals surface area contributed by atoms with Crippen LogP contribution in [0.2, 0.25) is 0 Å². The predicted octanol–water partition coefficient (Wildman–Crippen LogP) is 1.47. The topological polar surface area (TPSA) is 57.6 Å². The second kappa shape index (κ2) is 4.87. The molecular weight excluding hydrogens is 238 g/mol. The van der Waals surface area contributed by atoms with Gasteiger partial charge in [0.25, 0.3) is 0 Å². The van der Waals surface area contributed by atoms with Crippen molar-refractivity contribution >= 4 is 23.2 Å². The molecule has 1 amide bonds. The zero-order valence-corrected chi connectivity index (χ0v) is 10.4. The quantitative estimate of drug-likeness (QED) is 0.887. The van der Waals surface area contributed by atoms with Gasteiger partial charge in [0.15, 0.2) is 0 Å². The molecule has 92 valence electrons. The van der Waals surface area contributed by atoms with Gasteiger partial charge in [-0.05, 0) is 28.3 Å². The lowest BCUT2D eigenvalue weighted by atomic mass is 9.99. The summed E-state index contributed by atoms with van der Waals surface area (Å²) in [6, 6.07) is 1.93. The first-order valence-corrected chi connectivity index (χ1v) is 6.54. The highest BCUT2D eigenvalue weighted by atomic mass is 32.1. The predicted molar refractivity (Wildman–Crippen MR) is 64.9 cm³/mol. The average molecular weight is 253 g/mol. The summed E-state index contributed by atoms with van der Waals surface area (Å²) in [7, 11) is 0. The third kappa shape index (κ3) is 2.66. The molecule has 1 aliphatic rings. The van der Waals surface area contributed by atoms with E-state index in [0.29, 0.717) is 19.5 Å². The summed E-state index contributed by atoms with van der Waals surface area (Å²) >= 11 is 1.57. The van der Waals surface area contributed by atoms with Gasteiger partial charge in [-0.2, -0.15) is 11.3 Å². The average Bonchev–Trinajstić information content (AvgIpc) is 2.86.